The standard InChI is InChI=1S/C6H15FN2O3/c1-12-3-4(10)2-5(11)6(7)9-8/h4-6,9-11H,2-3,8H2,1H3. The molecule has 0 aromatic rings. The van der Waals surface area contributed by atoms with E-state index in [2.05, 4.69) is 4.74 Å². The first-order chi connectivity index (χ1) is 5.61. The lowest BCUT2D eigenvalue weighted by Gasteiger charge is -2.17. The lowest BCUT2D eigenvalue weighted by atomic mass is 10.1. The molecule has 0 radical (unpaired) electrons. The molecular formula is C6H15FN2O3. The van der Waals surface area contributed by atoms with Crippen LogP contribution in [0.5, 0.6) is 0 Å². The molecule has 3 atom stereocenters. The molecule has 12 heavy (non-hydrogen) atoms. The molecular weight excluding hydrogens is 167 g/mol. The van der Waals surface area contributed by atoms with E-state index < -0.39 is 18.5 Å². The first-order valence-electron chi connectivity index (χ1n) is 3.57. The van der Waals surface area contributed by atoms with Crippen LogP contribution in [-0.4, -0.2) is 42.4 Å². The topological polar surface area (TPSA) is 87.7 Å². The highest BCUT2D eigenvalue weighted by Gasteiger charge is 2.19. The minimum absolute atomic E-state index is 0.0638. The van der Waals surface area contributed by atoms with Gasteiger partial charge in [0, 0.05) is 13.5 Å². The highest BCUT2D eigenvalue weighted by Crippen LogP contribution is 2.03. The molecule has 0 spiro atoms. The van der Waals surface area contributed by atoms with Crippen molar-refractivity contribution in [1.82, 2.24) is 5.43 Å². The highest BCUT2D eigenvalue weighted by molar-refractivity contribution is 4.67. The van der Waals surface area contributed by atoms with Gasteiger partial charge in [0.05, 0.1) is 12.7 Å². The number of ether oxygens (including phenoxy) is 1. The Bertz CT molecular complexity index is 117. The average molecular weight is 182 g/mol. The van der Waals surface area contributed by atoms with Gasteiger partial charge < -0.3 is 14.9 Å². The third-order valence-corrected chi connectivity index (χ3v) is 1.37. The zero-order chi connectivity index (χ0) is 9.56. The Morgan fingerprint density at radius 2 is 2.17 bits per heavy atom. The van der Waals surface area contributed by atoms with Gasteiger partial charge in [-0.25, -0.2) is 9.82 Å². The number of aliphatic hydroxyl groups excluding tert-OH is 2. The van der Waals surface area contributed by atoms with Crippen molar-refractivity contribution in [2.24, 2.45) is 5.84 Å². The van der Waals surface area contributed by atoms with Crippen LogP contribution in [0, 0.1) is 0 Å². The van der Waals surface area contributed by atoms with E-state index in [1.165, 1.54) is 7.11 Å². The molecule has 0 aliphatic heterocycles. The second kappa shape index (κ2) is 6.27. The third-order valence-electron chi connectivity index (χ3n) is 1.37. The lowest BCUT2D eigenvalue weighted by molar-refractivity contribution is -0.0105. The van der Waals surface area contributed by atoms with Crippen molar-refractivity contribution in [2.45, 2.75) is 24.9 Å². The van der Waals surface area contributed by atoms with E-state index in [9.17, 15) is 4.39 Å². The largest absolute Gasteiger partial charge is 0.391 e. The van der Waals surface area contributed by atoms with Gasteiger partial charge in [0.1, 0.15) is 6.10 Å². The predicted octanol–water partition coefficient (Wildman–Crippen LogP) is -1.50. The smallest absolute Gasteiger partial charge is 0.189 e. The number of alkyl halides is 1. The van der Waals surface area contributed by atoms with Crippen molar-refractivity contribution in [2.75, 3.05) is 13.7 Å². The number of aliphatic hydroxyl groups is 2. The Morgan fingerprint density at radius 1 is 1.58 bits per heavy atom. The van der Waals surface area contributed by atoms with Crippen LogP contribution in [0.1, 0.15) is 6.42 Å². The first kappa shape index (κ1) is 11.7. The van der Waals surface area contributed by atoms with Crippen LogP contribution in [-0.2, 0) is 4.74 Å². The summed E-state index contributed by atoms with van der Waals surface area (Å²) in [4.78, 5) is 0. The predicted molar refractivity (Wildman–Crippen MR) is 40.7 cm³/mol. The van der Waals surface area contributed by atoms with Crippen LogP contribution in [0.25, 0.3) is 0 Å². The Kier molecular flexibility index (Phi) is 6.13. The number of halogens is 1. The van der Waals surface area contributed by atoms with Crippen LogP contribution in [0.3, 0.4) is 0 Å². The molecule has 0 rings (SSSR count). The van der Waals surface area contributed by atoms with E-state index in [1.54, 1.807) is 5.43 Å². The van der Waals surface area contributed by atoms with Gasteiger partial charge in [-0.15, -0.1) is 0 Å². The SMILES string of the molecule is COCC(O)CC(O)C(F)NN. The molecule has 0 amide bonds. The summed E-state index contributed by atoms with van der Waals surface area (Å²) in [5.74, 6) is 4.72. The molecule has 0 saturated carbocycles. The fourth-order valence-corrected chi connectivity index (χ4v) is 0.770. The molecule has 0 aliphatic rings. The van der Waals surface area contributed by atoms with Crippen LogP contribution >= 0.6 is 0 Å². The highest BCUT2D eigenvalue weighted by atomic mass is 19.1. The number of hydrogen-bond acceptors (Lipinski definition) is 5. The molecule has 0 heterocycles. The number of methoxy groups -OCH3 is 1. The molecule has 5 N–H and O–H groups in total. The lowest BCUT2D eigenvalue weighted by Crippen LogP contribution is -2.42. The average Bonchev–Trinajstić information content (AvgIpc) is 2.03. The van der Waals surface area contributed by atoms with Crippen LogP contribution in [0.15, 0.2) is 0 Å². The van der Waals surface area contributed by atoms with Crippen molar-refractivity contribution in [3.05, 3.63) is 0 Å². The fraction of sp³-hybridized carbons (Fsp3) is 1.00. The minimum Gasteiger partial charge on any atom is -0.391 e. The molecule has 0 saturated heterocycles. The van der Waals surface area contributed by atoms with E-state index in [0.29, 0.717) is 0 Å². The Balaban J connectivity index is 3.59. The molecule has 0 aromatic heterocycles. The number of nitrogens with two attached hydrogens (primary N) is 1. The molecule has 0 fully saturated rings. The van der Waals surface area contributed by atoms with Gasteiger partial charge in [-0.2, -0.15) is 0 Å². The van der Waals surface area contributed by atoms with Gasteiger partial charge >= 0.3 is 0 Å². The number of hydrazine groups is 1. The summed E-state index contributed by atoms with van der Waals surface area (Å²) in [7, 11) is 1.41. The molecule has 0 aliphatic carbocycles. The summed E-state index contributed by atoms with van der Waals surface area (Å²) in [6.07, 6.45) is -4.03. The zero-order valence-electron chi connectivity index (χ0n) is 6.90. The Morgan fingerprint density at radius 3 is 2.58 bits per heavy atom. The van der Waals surface area contributed by atoms with E-state index in [1.807, 2.05) is 0 Å². The van der Waals surface area contributed by atoms with E-state index in [0.717, 1.165) is 0 Å². The molecule has 3 unspecified atom stereocenters. The third kappa shape index (κ3) is 4.58. The second-order valence-electron chi connectivity index (χ2n) is 2.48. The maximum absolute atomic E-state index is 12.5. The maximum atomic E-state index is 12.5. The summed E-state index contributed by atoms with van der Waals surface area (Å²) < 4.78 is 17.1. The molecule has 0 aromatic carbocycles. The van der Waals surface area contributed by atoms with Crippen molar-refractivity contribution in [1.29, 1.82) is 0 Å². The summed E-state index contributed by atoms with van der Waals surface area (Å²) >= 11 is 0. The normalized spacial score (nSPS) is 18.8. The van der Waals surface area contributed by atoms with Gasteiger partial charge in [0.25, 0.3) is 0 Å². The van der Waals surface area contributed by atoms with Gasteiger partial charge in [-0.1, -0.05) is 0 Å². The quantitative estimate of drug-likeness (QED) is 0.228. The van der Waals surface area contributed by atoms with Crippen molar-refractivity contribution in [3.63, 3.8) is 0 Å². The fourth-order valence-electron chi connectivity index (χ4n) is 0.770. The Labute approximate surface area is 70.3 Å². The van der Waals surface area contributed by atoms with Gasteiger partial charge in [0.2, 0.25) is 0 Å². The molecule has 74 valence electrons. The summed E-state index contributed by atoms with van der Waals surface area (Å²) in [6, 6.07) is 0. The maximum Gasteiger partial charge on any atom is 0.189 e. The van der Waals surface area contributed by atoms with E-state index >= 15 is 0 Å². The van der Waals surface area contributed by atoms with Gasteiger partial charge in [0.15, 0.2) is 6.30 Å². The first-order valence-corrected chi connectivity index (χ1v) is 3.57. The zero-order valence-corrected chi connectivity index (χ0v) is 6.90. The van der Waals surface area contributed by atoms with E-state index in [-0.39, 0.29) is 13.0 Å². The van der Waals surface area contributed by atoms with E-state index in [4.69, 9.17) is 16.1 Å². The van der Waals surface area contributed by atoms with Gasteiger partial charge in [-0.3, -0.25) is 5.84 Å². The van der Waals surface area contributed by atoms with Crippen LogP contribution < -0.4 is 11.3 Å². The number of rotatable bonds is 6. The molecule has 6 heteroatoms. The Hall–Kier alpha value is -0.270. The van der Waals surface area contributed by atoms with Crippen molar-refractivity contribution < 1.29 is 19.3 Å². The molecule has 5 nitrogen and oxygen atoms in total. The van der Waals surface area contributed by atoms with Crippen molar-refractivity contribution in [3.8, 4) is 0 Å². The molecule has 0 bridgehead atoms. The monoisotopic (exact) mass is 182 g/mol. The van der Waals surface area contributed by atoms with Crippen LogP contribution in [0.2, 0.25) is 0 Å². The number of hydrogen-bond donors (Lipinski definition) is 4. The van der Waals surface area contributed by atoms with Crippen molar-refractivity contribution >= 4 is 0 Å². The summed E-state index contributed by atoms with van der Waals surface area (Å²) in [5, 5.41) is 18.0. The second-order valence-corrected chi connectivity index (χ2v) is 2.48. The number of nitrogens with one attached hydrogen (secondary N) is 1. The minimum atomic E-state index is -1.73. The summed E-state index contributed by atoms with van der Waals surface area (Å²) in [5.41, 5.74) is 1.74. The van der Waals surface area contributed by atoms with Gasteiger partial charge in [-0.05, 0) is 0 Å². The van der Waals surface area contributed by atoms with Crippen LogP contribution in [0.4, 0.5) is 4.39 Å². The summed E-state index contributed by atoms with van der Waals surface area (Å²) in [6.45, 7) is 0.0638.